The van der Waals surface area contributed by atoms with Gasteiger partial charge in [0, 0.05) is 28.7 Å². The molecule has 1 aromatic carbocycles. The Hall–Kier alpha value is -2.87. The van der Waals surface area contributed by atoms with Crippen molar-refractivity contribution in [1.82, 2.24) is 0 Å². The summed E-state index contributed by atoms with van der Waals surface area (Å²) in [7, 11) is 1.57. The Labute approximate surface area is 179 Å². The molecule has 1 aliphatic carbocycles. The van der Waals surface area contributed by atoms with Crippen LogP contribution in [0.2, 0.25) is 0 Å². The van der Waals surface area contributed by atoms with Crippen LogP contribution in [0.1, 0.15) is 43.0 Å². The van der Waals surface area contributed by atoms with Crippen LogP contribution in [0.3, 0.4) is 0 Å². The summed E-state index contributed by atoms with van der Waals surface area (Å²) in [6.45, 7) is 1.90. The third-order valence-electron chi connectivity index (χ3n) is 5.31. The number of esters is 1. The van der Waals surface area contributed by atoms with E-state index >= 15 is 0 Å². The zero-order chi connectivity index (χ0) is 21.7. The molecule has 30 heavy (non-hydrogen) atoms. The molecule has 1 amide bonds. The molecular formula is C22H24NO6S-. The van der Waals surface area contributed by atoms with Crippen molar-refractivity contribution in [2.24, 2.45) is 11.8 Å². The molecule has 8 heteroatoms. The van der Waals surface area contributed by atoms with Crippen LogP contribution in [0, 0.1) is 11.8 Å². The smallest absolute Gasteiger partial charge is 0.341 e. The minimum absolute atomic E-state index is 0.194. The van der Waals surface area contributed by atoms with Crippen LogP contribution < -0.4 is 15.2 Å². The van der Waals surface area contributed by atoms with Crippen molar-refractivity contribution in [3.63, 3.8) is 0 Å². The molecule has 0 saturated heterocycles. The molecule has 2 atom stereocenters. The van der Waals surface area contributed by atoms with Gasteiger partial charge in [0.25, 0.3) is 0 Å². The average molecular weight is 431 g/mol. The standard InChI is InChI=1S/C22H25NO6S/c1-3-29-22(27)18-17(13-8-10-14(28-2)11-9-13)12-30-20(18)23-19(24)15-6-4-5-7-16(15)21(25)26/h8-12,15-16H,3-7H2,1-2H3,(H,23,24)(H,25,26)/p-1/t15-,16-/m0/s1. The molecule has 2 aromatic rings. The number of ether oxygens (including phenoxy) is 2. The van der Waals surface area contributed by atoms with Crippen molar-refractivity contribution < 1.29 is 29.0 Å². The Morgan fingerprint density at radius 1 is 1.13 bits per heavy atom. The molecule has 1 N–H and O–H groups in total. The zero-order valence-corrected chi connectivity index (χ0v) is 17.8. The summed E-state index contributed by atoms with van der Waals surface area (Å²) in [5.74, 6) is -2.95. The molecule has 1 aliphatic rings. The molecule has 1 heterocycles. The Balaban J connectivity index is 1.92. The molecular weight excluding hydrogens is 406 g/mol. The number of carboxylic acids is 1. The molecule has 1 fully saturated rings. The van der Waals surface area contributed by atoms with Crippen molar-refractivity contribution in [2.75, 3.05) is 19.0 Å². The van der Waals surface area contributed by atoms with Crippen molar-refractivity contribution in [1.29, 1.82) is 0 Å². The van der Waals surface area contributed by atoms with Gasteiger partial charge in [0.15, 0.2) is 0 Å². The summed E-state index contributed by atoms with van der Waals surface area (Å²) in [4.78, 5) is 37.0. The normalized spacial score (nSPS) is 18.5. The monoisotopic (exact) mass is 430 g/mol. The Bertz CT molecular complexity index is 920. The van der Waals surface area contributed by atoms with Gasteiger partial charge in [-0.3, -0.25) is 4.79 Å². The number of methoxy groups -OCH3 is 1. The van der Waals surface area contributed by atoms with Gasteiger partial charge < -0.3 is 24.7 Å². The van der Waals surface area contributed by atoms with E-state index in [1.807, 2.05) is 12.1 Å². The number of rotatable bonds is 7. The highest BCUT2D eigenvalue weighted by Gasteiger charge is 2.33. The molecule has 1 saturated carbocycles. The minimum atomic E-state index is -1.20. The van der Waals surface area contributed by atoms with E-state index in [0.29, 0.717) is 29.2 Å². The molecule has 0 bridgehead atoms. The number of amides is 1. The number of nitrogens with one attached hydrogen (secondary N) is 1. The number of hydrogen-bond donors (Lipinski definition) is 1. The Morgan fingerprint density at radius 3 is 2.40 bits per heavy atom. The zero-order valence-electron chi connectivity index (χ0n) is 16.9. The topological polar surface area (TPSA) is 105 Å². The number of carbonyl (C=O) groups excluding carboxylic acids is 3. The summed E-state index contributed by atoms with van der Waals surface area (Å²) in [5, 5.41) is 16.4. The summed E-state index contributed by atoms with van der Waals surface area (Å²) < 4.78 is 10.4. The quantitative estimate of drug-likeness (QED) is 0.677. The first-order valence-corrected chi connectivity index (χ1v) is 10.8. The van der Waals surface area contributed by atoms with Crippen LogP contribution in [-0.4, -0.2) is 31.6 Å². The van der Waals surface area contributed by atoms with Gasteiger partial charge in [0.1, 0.15) is 16.3 Å². The minimum Gasteiger partial charge on any atom is -0.550 e. The van der Waals surface area contributed by atoms with Gasteiger partial charge in [-0.25, -0.2) is 4.79 Å². The molecule has 7 nitrogen and oxygen atoms in total. The first-order valence-electron chi connectivity index (χ1n) is 9.91. The van der Waals surface area contributed by atoms with Gasteiger partial charge in [-0.1, -0.05) is 25.0 Å². The lowest BCUT2D eigenvalue weighted by Crippen LogP contribution is -2.42. The lowest BCUT2D eigenvalue weighted by Gasteiger charge is -2.31. The van der Waals surface area contributed by atoms with E-state index in [0.717, 1.165) is 18.4 Å². The lowest BCUT2D eigenvalue weighted by molar-refractivity contribution is -0.313. The maximum Gasteiger partial charge on any atom is 0.341 e. The Kier molecular flexibility index (Phi) is 7.10. The largest absolute Gasteiger partial charge is 0.550 e. The fraction of sp³-hybridized carbons (Fsp3) is 0.409. The maximum absolute atomic E-state index is 12.9. The molecule has 1 aromatic heterocycles. The van der Waals surface area contributed by atoms with E-state index in [9.17, 15) is 19.5 Å². The highest BCUT2D eigenvalue weighted by Crippen LogP contribution is 2.38. The van der Waals surface area contributed by atoms with Crippen LogP contribution in [0.15, 0.2) is 29.6 Å². The van der Waals surface area contributed by atoms with Crippen molar-refractivity contribution >= 4 is 34.2 Å². The number of aliphatic carboxylic acids is 1. The van der Waals surface area contributed by atoms with Crippen LogP contribution in [0.5, 0.6) is 5.75 Å². The van der Waals surface area contributed by atoms with Gasteiger partial charge in [-0.2, -0.15) is 0 Å². The number of carbonyl (C=O) groups is 3. The van der Waals surface area contributed by atoms with E-state index in [2.05, 4.69) is 5.32 Å². The second-order valence-corrected chi connectivity index (χ2v) is 7.99. The third-order valence-corrected chi connectivity index (χ3v) is 6.21. The Morgan fingerprint density at radius 2 is 1.80 bits per heavy atom. The summed E-state index contributed by atoms with van der Waals surface area (Å²) in [6.07, 6.45) is 2.45. The maximum atomic E-state index is 12.9. The first-order chi connectivity index (χ1) is 14.5. The van der Waals surface area contributed by atoms with Crippen molar-refractivity contribution in [3.8, 4) is 16.9 Å². The van der Waals surface area contributed by atoms with E-state index < -0.39 is 29.7 Å². The number of carboxylic acid groups (broad SMARTS) is 1. The fourth-order valence-electron chi connectivity index (χ4n) is 3.77. The molecule has 0 aliphatic heterocycles. The highest BCUT2D eigenvalue weighted by atomic mass is 32.1. The first kappa shape index (κ1) is 21.8. The fourth-order valence-corrected chi connectivity index (χ4v) is 4.73. The van der Waals surface area contributed by atoms with Gasteiger partial charge in [0.2, 0.25) is 5.91 Å². The van der Waals surface area contributed by atoms with Crippen LogP contribution >= 0.6 is 11.3 Å². The number of hydrogen-bond acceptors (Lipinski definition) is 7. The summed E-state index contributed by atoms with van der Waals surface area (Å²) in [6, 6.07) is 7.21. The summed E-state index contributed by atoms with van der Waals surface area (Å²) in [5.41, 5.74) is 1.68. The highest BCUT2D eigenvalue weighted by molar-refractivity contribution is 7.15. The molecule has 0 radical (unpaired) electrons. The SMILES string of the molecule is CCOC(=O)c1c(-c2ccc(OC)cc2)csc1NC(=O)[C@H]1CCCC[C@@H]1C(=O)[O-]. The van der Waals surface area contributed by atoms with Crippen molar-refractivity contribution in [3.05, 3.63) is 35.2 Å². The predicted molar refractivity (Wildman–Crippen MR) is 111 cm³/mol. The molecule has 0 spiro atoms. The summed E-state index contributed by atoms with van der Waals surface area (Å²) >= 11 is 1.21. The van der Waals surface area contributed by atoms with E-state index in [-0.39, 0.29) is 12.2 Å². The number of thiophene rings is 1. The van der Waals surface area contributed by atoms with Gasteiger partial charge in [-0.05, 0) is 37.5 Å². The van der Waals surface area contributed by atoms with Gasteiger partial charge >= 0.3 is 5.97 Å². The van der Waals surface area contributed by atoms with E-state index in [1.54, 1.807) is 31.5 Å². The van der Waals surface area contributed by atoms with Crippen molar-refractivity contribution in [2.45, 2.75) is 32.6 Å². The molecule has 3 rings (SSSR count). The van der Waals surface area contributed by atoms with Crippen LogP contribution in [0.25, 0.3) is 11.1 Å². The molecule has 160 valence electrons. The predicted octanol–water partition coefficient (Wildman–Crippen LogP) is 3.10. The lowest BCUT2D eigenvalue weighted by atomic mass is 9.79. The van der Waals surface area contributed by atoms with E-state index in [4.69, 9.17) is 9.47 Å². The van der Waals surface area contributed by atoms with E-state index in [1.165, 1.54) is 11.3 Å². The van der Waals surface area contributed by atoms with Crippen LogP contribution in [-0.2, 0) is 14.3 Å². The second-order valence-electron chi connectivity index (χ2n) is 7.11. The third kappa shape index (κ3) is 4.64. The van der Waals surface area contributed by atoms with Gasteiger partial charge in [-0.15, -0.1) is 11.3 Å². The number of anilines is 1. The second kappa shape index (κ2) is 9.75. The van der Waals surface area contributed by atoms with Crippen LogP contribution in [0.4, 0.5) is 5.00 Å². The average Bonchev–Trinajstić information content (AvgIpc) is 3.17. The number of benzene rings is 1. The van der Waals surface area contributed by atoms with Gasteiger partial charge in [0.05, 0.1) is 13.7 Å². The molecule has 0 unspecified atom stereocenters.